The Bertz CT molecular complexity index is 386. The van der Waals surface area contributed by atoms with Crippen LogP contribution >= 0.6 is 0 Å². The molecule has 3 heteroatoms. The van der Waals surface area contributed by atoms with Crippen molar-refractivity contribution >= 4 is 0 Å². The van der Waals surface area contributed by atoms with E-state index in [1.54, 1.807) is 13.3 Å². The monoisotopic (exact) mass is 262 g/mol. The van der Waals surface area contributed by atoms with Gasteiger partial charge < -0.3 is 10.1 Å². The standard InChI is InChI=1S/C16H26N2O/c1-4-17-15(13-9-7-12(2)8-10-13)14-6-5-11-18-16(14)19-3/h5-6,11-13,15,17H,4,7-10H2,1-3H3. The molecule has 1 saturated carbocycles. The quantitative estimate of drug-likeness (QED) is 0.881. The third kappa shape index (κ3) is 3.47. The summed E-state index contributed by atoms with van der Waals surface area (Å²) in [6.45, 7) is 5.51. The second kappa shape index (κ2) is 6.90. The van der Waals surface area contributed by atoms with Crippen molar-refractivity contribution in [2.24, 2.45) is 11.8 Å². The zero-order valence-electron chi connectivity index (χ0n) is 12.4. The van der Waals surface area contributed by atoms with Crippen LogP contribution in [0.3, 0.4) is 0 Å². The molecule has 1 atom stereocenters. The molecule has 19 heavy (non-hydrogen) atoms. The van der Waals surface area contributed by atoms with Gasteiger partial charge in [-0.1, -0.05) is 32.8 Å². The maximum Gasteiger partial charge on any atom is 0.217 e. The van der Waals surface area contributed by atoms with Crippen LogP contribution in [0.1, 0.15) is 51.1 Å². The molecule has 1 aliphatic carbocycles. The molecule has 1 N–H and O–H groups in total. The summed E-state index contributed by atoms with van der Waals surface area (Å²) in [4.78, 5) is 4.35. The van der Waals surface area contributed by atoms with Gasteiger partial charge >= 0.3 is 0 Å². The highest BCUT2D eigenvalue weighted by Gasteiger charge is 2.28. The van der Waals surface area contributed by atoms with Gasteiger partial charge in [0.2, 0.25) is 5.88 Å². The van der Waals surface area contributed by atoms with Crippen LogP contribution in [0.15, 0.2) is 18.3 Å². The van der Waals surface area contributed by atoms with Crippen LogP contribution < -0.4 is 10.1 Å². The van der Waals surface area contributed by atoms with Gasteiger partial charge in [0.15, 0.2) is 0 Å². The SMILES string of the molecule is CCNC(c1cccnc1OC)C1CCC(C)CC1. The summed E-state index contributed by atoms with van der Waals surface area (Å²) in [5.41, 5.74) is 1.21. The second-order valence-electron chi connectivity index (χ2n) is 5.66. The highest BCUT2D eigenvalue weighted by Crippen LogP contribution is 2.38. The van der Waals surface area contributed by atoms with Gasteiger partial charge in [-0.15, -0.1) is 0 Å². The summed E-state index contributed by atoms with van der Waals surface area (Å²) in [6, 6.07) is 4.53. The largest absolute Gasteiger partial charge is 0.481 e. The molecular weight excluding hydrogens is 236 g/mol. The number of hydrogen-bond acceptors (Lipinski definition) is 3. The molecular formula is C16H26N2O. The smallest absolute Gasteiger partial charge is 0.217 e. The minimum atomic E-state index is 0.376. The number of methoxy groups -OCH3 is 1. The fourth-order valence-electron chi connectivity index (χ4n) is 3.18. The highest BCUT2D eigenvalue weighted by atomic mass is 16.5. The van der Waals surface area contributed by atoms with Crippen LogP contribution in [-0.2, 0) is 0 Å². The second-order valence-corrected chi connectivity index (χ2v) is 5.66. The van der Waals surface area contributed by atoms with E-state index in [1.165, 1.54) is 31.2 Å². The van der Waals surface area contributed by atoms with Gasteiger partial charge in [0.05, 0.1) is 7.11 Å². The molecule has 106 valence electrons. The fraction of sp³-hybridized carbons (Fsp3) is 0.688. The van der Waals surface area contributed by atoms with Crippen molar-refractivity contribution in [1.29, 1.82) is 0 Å². The molecule has 1 heterocycles. The normalized spacial score (nSPS) is 25.0. The topological polar surface area (TPSA) is 34.2 Å². The molecule has 3 nitrogen and oxygen atoms in total. The maximum absolute atomic E-state index is 5.43. The van der Waals surface area contributed by atoms with E-state index in [0.29, 0.717) is 12.0 Å². The Balaban J connectivity index is 2.19. The number of pyridine rings is 1. The maximum atomic E-state index is 5.43. The molecule has 0 amide bonds. The van der Waals surface area contributed by atoms with E-state index in [9.17, 15) is 0 Å². The first-order valence-electron chi connectivity index (χ1n) is 7.48. The van der Waals surface area contributed by atoms with E-state index in [1.807, 2.05) is 6.07 Å². The van der Waals surface area contributed by atoms with Gasteiger partial charge in [0, 0.05) is 17.8 Å². The molecule has 0 radical (unpaired) electrons. The number of nitrogens with zero attached hydrogens (tertiary/aromatic N) is 1. The molecule has 0 saturated heterocycles. The van der Waals surface area contributed by atoms with E-state index in [0.717, 1.165) is 18.3 Å². The number of rotatable bonds is 5. The van der Waals surface area contributed by atoms with E-state index in [4.69, 9.17) is 4.74 Å². The Hall–Kier alpha value is -1.09. The van der Waals surface area contributed by atoms with Crippen LogP contribution in [0.25, 0.3) is 0 Å². The zero-order valence-corrected chi connectivity index (χ0v) is 12.4. The Morgan fingerprint density at radius 3 is 2.74 bits per heavy atom. The molecule has 0 bridgehead atoms. The van der Waals surface area contributed by atoms with Gasteiger partial charge in [-0.25, -0.2) is 4.98 Å². The summed E-state index contributed by atoms with van der Waals surface area (Å²) >= 11 is 0. The lowest BCUT2D eigenvalue weighted by Gasteiger charge is -2.33. The zero-order chi connectivity index (χ0) is 13.7. The first kappa shape index (κ1) is 14.3. The lowest BCUT2D eigenvalue weighted by atomic mass is 9.77. The van der Waals surface area contributed by atoms with Crippen molar-refractivity contribution in [3.05, 3.63) is 23.9 Å². The minimum Gasteiger partial charge on any atom is -0.481 e. The van der Waals surface area contributed by atoms with Crippen LogP contribution in [0.4, 0.5) is 0 Å². The molecule has 1 fully saturated rings. The molecule has 0 aliphatic heterocycles. The average molecular weight is 262 g/mol. The van der Waals surface area contributed by atoms with Gasteiger partial charge in [0.25, 0.3) is 0 Å². The van der Waals surface area contributed by atoms with Crippen LogP contribution in [-0.4, -0.2) is 18.6 Å². The number of nitrogens with one attached hydrogen (secondary N) is 1. The van der Waals surface area contributed by atoms with E-state index < -0.39 is 0 Å². The minimum absolute atomic E-state index is 0.376. The summed E-state index contributed by atoms with van der Waals surface area (Å²) in [5, 5.41) is 3.64. The summed E-state index contributed by atoms with van der Waals surface area (Å²) in [5.74, 6) is 2.36. The van der Waals surface area contributed by atoms with Crippen molar-refractivity contribution < 1.29 is 4.74 Å². The van der Waals surface area contributed by atoms with Crippen LogP contribution in [0.5, 0.6) is 5.88 Å². The summed E-state index contributed by atoms with van der Waals surface area (Å²) in [6.07, 6.45) is 7.09. The number of ether oxygens (including phenoxy) is 1. The first-order chi connectivity index (χ1) is 9.26. The van der Waals surface area contributed by atoms with Crippen LogP contribution in [0.2, 0.25) is 0 Å². The first-order valence-corrected chi connectivity index (χ1v) is 7.48. The number of hydrogen-bond donors (Lipinski definition) is 1. The predicted octanol–water partition coefficient (Wildman–Crippen LogP) is 3.57. The molecule has 0 aromatic carbocycles. The molecule has 1 aliphatic rings. The fourth-order valence-corrected chi connectivity index (χ4v) is 3.18. The van der Waals surface area contributed by atoms with Gasteiger partial charge in [0.1, 0.15) is 0 Å². The number of aromatic nitrogens is 1. The van der Waals surface area contributed by atoms with Crippen LogP contribution in [0, 0.1) is 11.8 Å². The lowest BCUT2D eigenvalue weighted by molar-refractivity contribution is 0.229. The van der Waals surface area contributed by atoms with Crippen molar-refractivity contribution in [2.45, 2.75) is 45.6 Å². The lowest BCUT2D eigenvalue weighted by Crippen LogP contribution is -2.31. The molecule has 1 aromatic heterocycles. The Morgan fingerprint density at radius 2 is 2.11 bits per heavy atom. The summed E-state index contributed by atoms with van der Waals surface area (Å²) in [7, 11) is 1.71. The van der Waals surface area contributed by atoms with Gasteiger partial charge in [-0.05, 0) is 37.3 Å². The Labute approximate surface area is 116 Å². The predicted molar refractivity (Wildman–Crippen MR) is 78.3 cm³/mol. The highest BCUT2D eigenvalue weighted by molar-refractivity contribution is 5.29. The van der Waals surface area contributed by atoms with Gasteiger partial charge in [-0.3, -0.25) is 0 Å². The third-order valence-electron chi connectivity index (χ3n) is 4.28. The Kier molecular flexibility index (Phi) is 5.20. The third-order valence-corrected chi connectivity index (χ3v) is 4.28. The van der Waals surface area contributed by atoms with Crippen molar-refractivity contribution in [3.63, 3.8) is 0 Å². The molecule has 1 aromatic rings. The average Bonchev–Trinajstić information content (AvgIpc) is 2.46. The molecule has 1 unspecified atom stereocenters. The van der Waals surface area contributed by atoms with E-state index in [2.05, 4.69) is 30.2 Å². The van der Waals surface area contributed by atoms with Gasteiger partial charge in [-0.2, -0.15) is 0 Å². The Morgan fingerprint density at radius 1 is 1.37 bits per heavy atom. The van der Waals surface area contributed by atoms with Crippen molar-refractivity contribution in [2.75, 3.05) is 13.7 Å². The molecule has 2 rings (SSSR count). The van der Waals surface area contributed by atoms with Crippen molar-refractivity contribution in [3.8, 4) is 5.88 Å². The van der Waals surface area contributed by atoms with E-state index in [-0.39, 0.29) is 0 Å². The van der Waals surface area contributed by atoms with Crippen molar-refractivity contribution in [1.82, 2.24) is 10.3 Å². The summed E-state index contributed by atoms with van der Waals surface area (Å²) < 4.78 is 5.43. The molecule has 0 spiro atoms. The van der Waals surface area contributed by atoms with E-state index >= 15 is 0 Å².